The second-order valence-electron chi connectivity index (χ2n) is 15.1. The summed E-state index contributed by atoms with van der Waals surface area (Å²) in [5.74, 6) is -1.34. The van der Waals surface area contributed by atoms with Crippen LogP contribution in [0.15, 0.2) is 60.8 Å². The minimum Gasteiger partial charge on any atom is -0.480 e. The van der Waals surface area contributed by atoms with E-state index in [-0.39, 0.29) is 18.0 Å². The lowest BCUT2D eigenvalue weighted by atomic mass is 10.0. The summed E-state index contributed by atoms with van der Waals surface area (Å²) >= 11 is 0. The van der Waals surface area contributed by atoms with Crippen molar-refractivity contribution in [1.82, 2.24) is 5.32 Å². The first-order chi connectivity index (χ1) is 26.9. The largest absolute Gasteiger partial charge is 0.480 e. The molecular weight excluding hydrogens is 685 g/mol. The van der Waals surface area contributed by atoms with E-state index in [4.69, 9.17) is 10.5 Å². The van der Waals surface area contributed by atoms with Gasteiger partial charge in [-0.15, -0.1) is 0 Å². The molecule has 0 aromatic rings. The fraction of sp³-hybridized carbons (Fsp3) is 0.729. The molecule has 0 aromatic heterocycles. The quantitative estimate of drug-likeness (QED) is 0.0324. The Hall–Kier alpha value is -2.93. The number of carboxylic acids is 1. The van der Waals surface area contributed by atoms with Crippen molar-refractivity contribution in [3.63, 3.8) is 0 Å². The van der Waals surface area contributed by atoms with Crippen molar-refractivity contribution >= 4 is 17.8 Å². The van der Waals surface area contributed by atoms with E-state index in [9.17, 15) is 19.5 Å². The fourth-order valence-electron chi connectivity index (χ4n) is 6.41. The van der Waals surface area contributed by atoms with Gasteiger partial charge in [-0.05, 0) is 103 Å². The van der Waals surface area contributed by atoms with Gasteiger partial charge in [0.15, 0.2) is 0 Å². The maximum Gasteiger partial charge on any atom is 0.326 e. The first kappa shape index (κ1) is 52.1. The summed E-state index contributed by atoms with van der Waals surface area (Å²) in [4.78, 5) is 36.3. The summed E-state index contributed by atoms with van der Waals surface area (Å²) < 4.78 is 5.92. The van der Waals surface area contributed by atoms with Crippen molar-refractivity contribution in [2.24, 2.45) is 5.73 Å². The summed E-state index contributed by atoms with van der Waals surface area (Å²) in [5.41, 5.74) is 5.48. The van der Waals surface area contributed by atoms with E-state index < -0.39 is 12.0 Å². The third-order valence-electron chi connectivity index (χ3n) is 9.80. The number of hydrogen-bond acceptors (Lipinski definition) is 5. The molecule has 7 nitrogen and oxygen atoms in total. The number of allylic oxidation sites excluding steroid dienone is 9. The molecule has 0 saturated heterocycles. The van der Waals surface area contributed by atoms with Crippen molar-refractivity contribution in [3.8, 4) is 0 Å². The van der Waals surface area contributed by atoms with E-state index in [0.717, 1.165) is 70.6 Å². The lowest BCUT2D eigenvalue weighted by Crippen LogP contribution is -2.40. The Morgan fingerprint density at radius 1 is 0.564 bits per heavy atom. The SMILES string of the molecule is CC/C=C\C/C=C\C/C=C\C/C=C\CCCCCCCCCCCCC(=O)OC(/C=C\CCCCCCC)CCCCCCC(=O)NC(CCCN)C(=O)O. The zero-order chi connectivity index (χ0) is 40.3. The van der Waals surface area contributed by atoms with Crippen LogP contribution < -0.4 is 11.1 Å². The molecule has 2 unspecified atom stereocenters. The molecule has 0 spiro atoms. The second kappa shape index (κ2) is 42.2. The maximum absolute atomic E-state index is 12.7. The monoisotopic (exact) mass is 769 g/mol. The second-order valence-corrected chi connectivity index (χ2v) is 15.1. The predicted molar refractivity (Wildman–Crippen MR) is 234 cm³/mol. The van der Waals surface area contributed by atoms with Crippen molar-refractivity contribution in [2.75, 3.05) is 6.54 Å². The van der Waals surface area contributed by atoms with Gasteiger partial charge in [0.1, 0.15) is 12.1 Å². The van der Waals surface area contributed by atoms with Crippen molar-refractivity contribution < 1.29 is 24.2 Å². The van der Waals surface area contributed by atoms with Gasteiger partial charge in [-0.25, -0.2) is 4.79 Å². The van der Waals surface area contributed by atoms with Gasteiger partial charge >= 0.3 is 11.9 Å². The van der Waals surface area contributed by atoms with E-state index >= 15 is 0 Å². The average Bonchev–Trinajstić information content (AvgIpc) is 3.17. The number of amides is 1. The number of nitrogens with two attached hydrogens (primary N) is 1. The molecule has 0 fully saturated rings. The van der Waals surface area contributed by atoms with Crippen LogP contribution in [0.1, 0.15) is 206 Å². The average molecular weight is 769 g/mol. The third-order valence-corrected chi connectivity index (χ3v) is 9.80. The van der Waals surface area contributed by atoms with Crippen molar-refractivity contribution in [3.05, 3.63) is 60.8 Å². The number of unbranched alkanes of at least 4 members (excludes halogenated alkanes) is 18. The Labute approximate surface area is 338 Å². The van der Waals surface area contributed by atoms with E-state index in [1.54, 1.807) is 0 Å². The van der Waals surface area contributed by atoms with Crippen LogP contribution in [0.3, 0.4) is 0 Å². The minimum absolute atomic E-state index is 0.0952. The summed E-state index contributed by atoms with van der Waals surface area (Å²) in [6.45, 7) is 4.79. The van der Waals surface area contributed by atoms with Crippen molar-refractivity contribution in [1.29, 1.82) is 0 Å². The number of rotatable bonds is 40. The molecular formula is C48H84N2O5. The van der Waals surface area contributed by atoms with Crippen molar-refractivity contribution in [2.45, 2.75) is 219 Å². The highest BCUT2D eigenvalue weighted by Crippen LogP contribution is 2.16. The van der Waals surface area contributed by atoms with E-state index in [2.05, 4.69) is 79.9 Å². The molecule has 0 radical (unpaired) electrons. The Bertz CT molecular complexity index is 1050. The highest BCUT2D eigenvalue weighted by Gasteiger charge is 2.19. The molecule has 2 atom stereocenters. The van der Waals surface area contributed by atoms with Gasteiger partial charge in [0.2, 0.25) is 5.91 Å². The molecule has 0 rings (SSSR count). The zero-order valence-corrected chi connectivity index (χ0v) is 35.5. The van der Waals surface area contributed by atoms with Gasteiger partial charge in [0, 0.05) is 12.8 Å². The molecule has 4 N–H and O–H groups in total. The van der Waals surface area contributed by atoms with E-state index in [1.807, 2.05) is 0 Å². The Balaban J connectivity index is 4.10. The van der Waals surface area contributed by atoms with Crippen LogP contribution in [0.5, 0.6) is 0 Å². The molecule has 55 heavy (non-hydrogen) atoms. The number of hydrogen-bond donors (Lipinski definition) is 3. The van der Waals surface area contributed by atoms with E-state index in [0.29, 0.717) is 38.6 Å². The predicted octanol–water partition coefficient (Wildman–Crippen LogP) is 13.0. The molecule has 0 bridgehead atoms. The van der Waals surface area contributed by atoms with Gasteiger partial charge in [0.05, 0.1) is 0 Å². The van der Waals surface area contributed by atoms with Crippen LogP contribution in [-0.2, 0) is 19.1 Å². The summed E-state index contributed by atoms with van der Waals surface area (Å²) in [6, 6.07) is -0.872. The molecule has 316 valence electrons. The van der Waals surface area contributed by atoms with Gasteiger partial charge in [-0.2, -0.15) is 0 Å². The van der Waals surface area contributed by atoms with Crippen LogP contribution in [0.4, 0.5) is 0 Å². The summed E-state index contributed by atoms with van der Waals surface area (Å²) in [7, 11) is 0. The highest BCUT2D eigenvalue weighted by molar-refractivity contribution is 5.83. The number of esters is 1. The Kier molecular flexibility index (Phi) is 40.0. The number of carboxylic acid groups (broad SMARTS) is 1. The summed E-state index contributed by atoms with van der Waals surface area (Å²) in [5, 5.41) is 11.9. The molecule has 0 aliphatic rings. The number of nitrogens with one attached hydrogen (secondary N) is 1. The zero-order valence-electron chi connectivity index (χ0n) is 35.5. The number of aliphatic carboxylic acids is 1. The molecule has 7 heteroatoms. The maximum atomic E-state index is 12.7. The standard InChI is InChI=1S/C48H84N2O5/c1-3-5-7-9-11-12-13-14-15-16-17-18-19-20-21-22-23-24-25-26-28-30-36-42-47(52)55-44(38-33-29-27-10-8-6-4-2)39-34-31-32-35-41-46(51)50-45(48(53)54)40-37-43-49/h5,7,11-12,14-15,17-18,33,38,44-45H,3-4,6,8-10,13,16,19-32,34-37,39-43,49H2,1-2H3,(H,50,51)(H,53,54)/b7-5-,12-11-,15-14-,18-17-,38-33-. The van der Waals surface area contributed by atoms with Crippen LogP contribution in [0, 0.1) is 0 Å². The normalized spacial score (nSPS) is 13.2. The summed E-state index contributed by atoms with van der Waals surface area (Å²) in [6.07, 6.45) is 52.9. The molecule has 0 heterocycles. The number of carbonyl (C=O) groups is 3. The van der Waals surface area contributed by atoms with Gasteiger partial charge < -0.3 is 20.9 Å². The topological polar surface area (TPSA) is 119 Å². The third kappa shape index (κ3) is 39.1. The minimum atomic E-state index is -1.02. The molecule has 0 aromatic carbocycles. The van der Waals surface area contributed by atoms with Gasteiger partial charge in [-0.3, -0.25) is 9.59 Å². The number of ether oxygens (including phenoxy) is 1. The molecule has 1 amide bonds. The molecule has 0 aliphatic heterocycles. The van der Waals surface area contributed by atoms with Crippen LogP contribution >= 0.6 is 0 Å². The fourth-order valence-corrected chi connectivity index (χ4v) is 6.41. The first-order valence-electron chi connectivity index (χ1n) is 22.6. The Morgan fingerprint density at radius 3 is 1.62 bits per heavy atom. The van der Waals surface area contributed by atoms with Gasteiger partial charge in [-0.1, -0.05) is 158 Å². The van der Waals surface area contributed by atoms with Crippen LogP contribution in [0.2, 0.25) is 0 Å². The first-order valence-corrected chi connectivity index (χ1v) is 22.6. The van der Waals surface area contributed by atoms with Gasteiger partial charge in [0.25, 0.3) is 0 Å². The number of carbonyl (C=O) groups excluding carboxylic acids is 2. The highest BCUT2D eigenvalue weighted by atomic mass is 16.5. The smallest absolute Gasteiger partial charge is 0.326 e. The lowest BCUT2D eigenvalue weighted by molar-refractivity contribution is -0.147. The Morgan fingerprint density at radius 2 is 1.05 bits per heavy atom. The van der Waals surface area contributed by atoms with E-state index in [1.165, 1.54) is 89.9 Å². The van der Waals surface area contributed by atoms with Crippen LogP contribution in [-0.4, -0.2) is 41.6 Å². The molecule has 0 saturated carbocycles. The lowest BCUT2D eigenvalue weighted by Gasteiger charge is -2.15. The van der Waals surface area contributed by atoms with Crippen LogP contribution in [0.25, 0.3) is 0 Å². The molecule has 0 aliphatic carbocycles.